The molecule has 4 heteroatoms. The van der Waals surface area contributed by atoms with Gasteiger partial charge in [-0.2, -0.15) is 0 Å². The van der Waals surface area contributed by atoms with Gasteiger partial charge in [-0.1, -0.05) is 24.3 Å². The number of hydrogen-bond donors (Lipinski definition) is 1. The third-order valence-corrected chi connectivity index (χ3v) is 4.03. The van der Waals surface area contributed by atoms with Gasteiger partial charge in [-0.15, -0.1) is 11.3 Å². The Bertz CT molecular complexity index is 540. The summed E-state index contributed by atoms with van der Waals surface area (Å²) in [5.74, 6) is 1.00. The second-order valence-electron chi connectivity index (χ2n) is 4.61. The van der Waals surface area contributed by atoms with Gasteiger partial charge in [0, 0.05) is 11.3 Å². The van der Waals surface area contributed by atoms with Crippen LogP contribution in [0.5, 0.6) is 5.75 Å². The summed E-state index contributed by atoms with van der Waals surface area (Å²) in [5.41, 5.74) is 1.22. The lowest BCUT2D eigenvalue weighted by atomic mass is 10.1. The Hall–Kier alpha value is -1.81. The second kappa shape index (κ2) is 5.45. The Labute approximate surface area is 116 Å². The fourth-order valence-electron chi connectivity index (χ4n) is 2.23. The van der Waals surface area contributed by atoms with Gasteiger partial charge in [0.05, 0.1) is 13.0 Å². The van der Waals surface area contributed by atoms with Crippen molar-refractivity contribution in [2.45, 2.75) is 18.9 Å². The van der Waals surface area contributed by atoms with Gasteiger partial charge >= 0.3 is 0 Å². The number of hydrogen-bond acceptors (Lipinski definition) is 3. The van der Waals surface area contributed by atoms with E-state index in [4.69, 9.17) is 4.74 Å². The van der Waals surface area contributed by atoms with Crippen LogP contribution >= 0.6 is 11.3 Å². The molecule has 19 heavy (non-hydrogen) atoms. The molecule has 0 bridgehead atoms. The molecule has 1 unspecified atom stereocenters. The average Bonchev–Trinajstić information content (AvgIpc) is 3.04. The fourth-order valence-corrected chi connectivity index (χ4v) is 2.93. The van der Waals surface area contributed by atoms with Crippen LogP contribution in [0.1, 0.15) is 10.4 Å². The molecule has 3 nitrogen and oxygen atoms in total. The number of benzene rings is 1. The van der Waals surface area contributed by atoms with Gasteiger partial charge in [0.25, 0.3) is 0 Å². The van der Waals surface area contributed by atoms with Crippen molar-refractivity contribution in [3.8, 4) is 5.75 Å². The molecule has 1 amide bonds. The molecule has 2 aromatic rings. The van der Waals surface area contributed by atoms with Crippen molar-refractivity contribution in [1.82, 2.24) is 5.32 Å². The van der Waals surface area contributed by atoms with Crippen LogP contribution < -0.4 is 10.1 Å². The molecule has 0 spiro atoms. The minimum atomic E-state index is 0.0574. The average molecular weight is 273 g/mol. The first-order chi connectivity index (χ1) is 9.31. The molecule has 1 aliphatic rings. The number of rotatable bonds is 4. The number of thiophene rings is 1. The standard InChI is InChI=1S/C15H15NO2S/c17-15(9-13-5-3-7-19-13)16-10-12-8-11-4-1-2-6-14(11)18-12/h1-7,12H,8-10H2,(H,16,17). The number of amides is 1. The smallest absolute Gasteiger partial charge is 0.225 e. The molecule has 0 saturated heterocycles. The molecule has 0 saturated carbocycles. The molecule has 1 aromatic heterocycles. The molecule has 1 N–H and O–H groups in total. The Morgan fingerprint density at radius 1 is 1.32 bits per heavy atom. The van der Waals surface area contributed by atoms with E-state index < -0.39 is 0 Å². The van der Waals surface area contributed by atoms with E-state index >= 15 is 0 Å². The van der Waals surface area contributed by atoms with E-state index in [-0.39, 0.29) is 12.0 Å². The number of carbonyl (C=O) groups excluding carboxylic acids is 1. The van der Waals surface area contributed by atoms with E-state index in [2.05, 4.69) is 11.4 Å². The van der Waals surface area contributed by atoms with Crippen molar-refractivity contribution < 1.29 is 9.53 Å². The van der Waals surface area contributed by atoms with Crippen LogP contribution in [-0.4, -0.2) is 18.6 Å². The Morgan fingerprint density at radius 2 is 2.21 bits per heavy atom. The van der Waals surface area contributed by atoms with Crippen molar-refractivity contribution in [2.24, 2.45) is 0 Å². The summed E-state index contributed by atoms with van der Waals surface area (Å²) in [5, 5.41) is 4.93. The maximum Gasteiger partial charge on any atom is 0.225 e. The number of carbonyl (C=O) groups is 1. The van der Waals surface area contributed by atoms with Gasteiger partial charge in [-0.25, -0.2) is 0 Å². The number of nitrogens with one attached hydrogen (secondary N) is 1. The maximum atomic E-state index is 11.8. The molecule has 0 fully saturated rings. The van der Waals surface area contributed by atoms with Gasteiger partial charge in [-0.05, 0) is 23.1 Å². The van der Waals surface area contributed by atoms with Crippen molar-refractivity contribution in [2.75, 3.05) is 6.54 Å². The molecular weight excluding hydrogens is 258 g/mol. The predicted octanol–water partition coefficient (Wildman–Crippen LogP) is 2.41. The minimum Gasteiger partial charge on any atom is -0.488 e. The van der Waals surface area contributed by atoms with Gasteiger partial charge in [0.1, 0.15) is 11.9 Å². The summed E-state index contributed by atoms with van der Waals surface area (Å²) in [6, 6.07) is 12.0. The van der Waals surface area contributed by atoms with E-state index in [1.54, 1.807) is 11.3 Å². The predicted molar refractivity (Wildman–Crippen MR) is 75.6 cm³/mol. The lowest BCUT2D eigenvalue weighted by molar-refractivity contribution is -0.120. The van der Waals surface area contributed by atoms with E-state index in [1.165, 1.54) is 5.56 Å². The Morgan fingerprint density at radius 3 is 3.00 bits per heavy atom. The van der Waals surface area contributed by atoms with Crippen molar-refractivity contribution in [3.05, 3.63) is 52.2 Å². The first kappa shape index (κ1) is 12.2. The molecule has 98 valence electrons. The first-order valence-corrected chi connectivity index (χ1v) is 7.23. The monoisotopic (exact) mass is 273 g/mol. The van der Waals surface area contributed by atoms with Gasteiger partial charge in [-0.3, -0.25) is 4.79 Å². The molecule has 2 heterocycles. The van der Waals surface area contributed by atoms with Crippen LogP contribution in [0.15, 0.2) is 41.8 Å². The number of para-hydroxylation sites is 1. The zero-order chi connectivity index (χ0) is 13.1. The third kappa shape index (κ3) is 2.96. The summed E-state index contributed by atoms with van der Waals surface area (Å²) in [6.45, 7) is 0.568. The fraction of sp³-hybridized carbons (Fsp3) is 0.267. The van der Waals surface area contributed by atoms with Crippen LogP contribution in [-0.2, 0) is 17.6 Å². The van der Waals surface area contributed by atoms with Crippen LogP contribution in [0.4, 0.5) is 0 Å². The van der Waals surface area contributed by atoms with Crippen LogP contribution in [0, 0.1) is 0 Å². The SMILES string of the molecule is O=C(Cc1cccs1)NCC1Cc2ccccc2O1. The van der Waals surface area contributed by atoms with Crippen LogP contribution in [0.3, 0.4) is 0 Å². The van der Waals surface area contributed by atoms with Crippen molar-refractivity contribution in [1.29, 1.82) is 0 Å². The number of fused-ring (bicyclic) bond motifs is 1. The Balaban J connectivity index is 1.48. The van der Waals surface area contributed by atoms with Gasteiger partial charge < -0.3 is 10.1 Å². The highest BCUT2D eigenvalue weighted by Crippen LogP contribution is 2.27. The van der Waals surface area contributed by atoms with E-state index in [1.807, 2.05) is 35.7 Å². The summed E-state index contributed by atoms with van der Waals surface area (Å²) < 4.78 is 5.78. The van der Waals surface area contributed by atoms with Crippen molar-refractivity contribution in [3.63, 3.8) is 0 Å². The molecule has 1 aliphatic heterocycles. The lowest BCUT2D eigenvalue weighted by Crippen LogP contribution is -2.35. The summed E-state index contributed by atoms with van der Waals surface area (Å²) in [7, 11) is 0. The zero-order valence-corrected chi connectivity index (χ0v) is 11.3. The quantitative estimate of drug-likeness (QED) is 0.929. The highest BCUT2D eigenvalue weighted by atomic mass is 32.1. The minimum absolute atomic E-state index is 0.0574. The van der Waals surface area contributed by atoms with E-state index in [9.17, 15) is 4.79 Å². The van der Waals surface area contributed by atoms with Crippen LogP contribution in [0.25, 0.3) is 0 Å². The van der Waals surface area contributed by atoms with Gasteiger partial charge in [0.15, 0.2) is 0 Å². The summed E-state index contributed by atoms with van der Waals surface area (Å²) >= 11 is 1.61. The van der Waals surface area contributed by atoms with E-state index in [0.717, 1.165) is 17.0 Å². The number of ether oxygens (including phenoxy) is 1. The molecule has 0 aliphatic carbocycles. The first-order valence-electron chi connectivity index (χ1n) is 6.35. The maximum absolute atomic E-state index is 11.8. The summed E-state index contributed by atoms with van der Waals surface area (Å²) in [6.07, 6.45) is 1.39. The van der Waals surface area contributed by atoms with Crippen molar-refractivity contribution >= 4 is 17.2 Å². The topological polar surface area (TPSA) is 38.3 Å². The Kier molecular flexibility index (Phi) is 3.51. The third-order valence-electron chi connectivity index (χ3n) is 3.16. The largest absolute Gasteiger partial charge is 0.488 e. The molecule has 3 rings (SSSR count). The normalized spacial score (nSPS) is 16.7. The molecule has 0 radical (unpaired) electrons. The van der Waals surface area contributed by atoms with Gasteiger partial charge in [0.2, 0.25) is 5.91 Å². The highest BCUT2D eigenvalue weighted by molar-refractivity contribution is 7.10. The van der Waals surface area contributed by atoms with E-state index in [0.29, 0.717) is 13.0 Å². The molecule has 1 aromatic carbocycles. The molecule has 1 atom stereocenters. The second-order valence-corrected chi connectivity index (χ2v) is 5.64. The molecular formula is C15H15NO2S. The highest BCUT2D eigenvalue weighted by Gasteiger charge is 2.22. The van der Waals surface area contributed by atoms with Crippen LogP contribution in [0.2, 0.25) is 0 Å². The zero-order valence-electron chi connectivity index (χ0n) is 10.5. The lowest BCUT2D eigenvalue weighted by Gasteiger charge is -2.11. The summed E-state index contributed by atoms with van der Waals surface area (Å²) in [4.78, 5) is 12.9.